The molecule has 3 saturated heterocycles. The maximum absolute atomic E-state index is 13.4. The normalized spacial score (nSPS) is 35.0. The van der Waals surface area contributed by atoms with E-state index in [1.807, 2.05) is 26.8 Å². The van der Waals surface area contributed by atoms with Crippen LogP contribution in [0.15, 0.2) is 48.1 Å². The summed E-state index contributed by atoms with van der Waals surface area (Å²) in [6.45, 7) is 13.5. The van der Waals surface area contributed by atoms with Gasteiger partial charge in [-0.15, -0.1) is 0 Å². The van der Waals surface area contributed by atoms with Gasteiger partial charge in [-0.1, -0.05) is 71.4 Å². The van der Waals surface area contributed by atoms with Crippen molar-refractivity contribution in [3.8, 4) is 0 Å². The van der Waals surface area contributed by atoms with E-state index in [0.29, 0.717) is 38.5 Å². The van der Waals surface area contributed by atoms with Gasteiger partial charge in [0.15, 0.2) is 6.10 Å². The molecule has 0 aromatic heterocycles. The molecule has 61 heavy (non-hydrogen) atoms. The lowest BCUT2D eigenvalue weighted by Crippen LogP contribution is -2.62. The van der Waals surface area contributed by atoms with Crippen LogP contribution in [0.1, 0.15) is 126 Å². The number of aliphatic hydroxyl groups is 2. The van der Waals surface area contributed by atoms with Gasteiger partial charge in [-0.2, -0.15) is 0 Å². The van der Waals surface area contributed by atoms with E-state index >= 15 is 0 Å². The Bertz CT molecular complexity index is 1660. The highest BCUT2D eigenvalue weighted by molar-refractivity contribution is 5.84. The SMILES string of the molecule is CCC/C=C/C=C/C(=O)O[C@H]1/C(=C/C(=O)OC)CC2C[C@H]([C@@H](C)O)OC(=O)CCCC3C[C@H](OC(C)=O)C(C)(C)C(C[C@@H]4C[C@@H](OC(C)=O)C[C@H](/C=C/C(C)(C)C1(O)O2)O4)O3. The molecule has 0 aliphatic carbocycles. The van der Waals surface area contributed by atoms with Gasteiger partial charge in [0, 0.05) is 75.4 Å². The molecular weight excluding hydrogens is 792 g/mol. The van der Waals surface area contributed by atoms with E-state index in [1.165, 1.54) is 40.0 Å². The third-order valence-corrected chi connectivity index (χ3v) is 12.0. The largest absolute Gasteiger partial charge is 0.466 e. The van der Waals surface area contributed by atoms with Crippen molar-refractivity contribution in [1.82, 2.24) is 0 Å². The Morgan fingerprint density at radius 3 is 2.30 bits per heavy atom. The first-order valence-corrected chi connectivity index (χ1v) is 21.6. The number of esters is 5. The number of ether oxygens (including phenoxy) is 8. The quantitative estimate of drug-likeness (QED) is 0.0923. The van der Waals surface area contributed by atoms with Gasteiger partial charge in [0.05, 0.1) is 43.7 Å². The van der Waals surface area contributed by atoms with E-state index in [2.05, 4.69) is 0 Å². The summed E-state index contributed by atoms with van der Waals surface area (Å²) < 4.78 is 48.2. The number of rotatable bonds is 9. The molecular formula is C46H68O15. The molecule has 4 heterocycles. The molecule has 15 nitrogen and oxygen atoms in total. The van der Waals surface area contributed by atoms with Gasteiger partial charge in [0.2, 0.25) is 5.79 Å². The van der Waals surface area contributed by atoms with Crippen LogP contribution < -0.4 is 0 Å². The molecule has 0 saturated carbocycles. The minimum absolute atomic E-state index is 0.00713. The molecule has 11 atom stereocenters. The molecule has 6 bridgehead atoms. The van der Waals surface area contributed by atoms with Crippen LogP contribution in [0.3, 0.4) is 0 Å². The lowest BCUT2D eigenvalue weighted by molar-refractivity contribution is -0.327. The summed E-state index contributed by atoms with van der Waals surface area (Å²) in [5.74, 6) is -5.39. The Hall–Kier alpha value is -3.89. The zero-order valence-electron chi connectivity index (χ0n) is 37.3. The number of carbonyl (C=O) groups is 5. The summed E-state index contributed by atoms with van der Waals surface area (Å²) in [6.07, 6.45) is 7.02. The fourth-order valence-electron chi connectivity index (χ4n) is 8.51. The minimum atomic E-state index is -2.37. The second-order valence-electron chi connectivity index (χ2n) is 17.9. The minimum Gasteiger partial charge on any atom is -0.466 e. The molecule has 0 aromatic carbocycles. The highest BCUT2D eigenvalue weighted by Crippen LogP contribution is 2.48. The maximum atomic E-state index is 13.4. The molecule has 0 amide bonds. The van der Waals surface area contributed by atoms with E-state index in [4.69, 9.17) is 37.9 Å². The predicted octanol–water partition coefficient (Wildman–Crippen LogP) is 5.82. The molecule has 3 fully saturated rings. The third-order valence-electron chi connectivity index (χ3n) is 12.0. The first-order chi connectivity index (χ1) is 28.7. The topological polar surface area (TPSA) is 200 Å². The van der Waals surface area contributed by atoms with Gasteiger partial charge in [0.1, 0.15) is 18.3 Å². The zero-order valence-corrected chi connectivity index (χ0v) is 37.3. The van der Waals surface area contributed by atoms with Crippen LogP contribution in [0.4, 0.5) is 0 Å². The van der Waals surface area contributed by atoms with Crippen LogP contribution in [-0.2, 0) is 61.9 Å². The number of cyclic esters (lactones) is 1. The molecule has 15 heteroatoms. The summed E-state index contributed by atoms with van der Waals surface area (Å²) in [5.41, 5.74) is -1.88. The number of unbranched alkanes of at least 4 members (excludes halogenated alkanes) is 1. The summed E-state index contributed by atoms with van der Waals surface area (Å²) in [5, 5.41) is 23.8. The van der Waals surface area contributed by atoms with Crippen molar-refractivity contribution in [3.05, 3.63) is 48.1 Å². The molecule has 342 valence electrons. The monoisotopic (exact) mass is 860 g/mol. The van der Waals surface area contributed by atoms with Crippen LogP contribution in [0.5, 0.6) is 0 Å². The molecule has 2 N–H and O–H groups in total. The average Bonchev–Trinajstić information content (AvgIpc) is 3.16. The predicted molar refractivity (Wildman–Crippen MR) is 221 cm³/mol. The molecule has 4 aliphatic heterocycles. The highest BCUT2D eigenvalue weighted by atomic mass is 16.7. The zero-order chi connectivity index (χ0) is 45.1. The first kappa shape index (κ1) is 49.8. The number of methoxy groups -OCH3 is 1. The van der Waals surface area contributed by atoms with Crippen molar-refractivity contribution in [2.45, 2.75) is 193 Å². The number of aliphatic hydroxyl groups excluding tert-OH is 1. The van der Waals surface area contributed by atoms with Crippen molar-refractivity contribution < 1.29 is 72.1 Å². The van der Waals surface area contributed by atoms with Gasteiger partial charge in [-0.3, -0.25) is 14.4 Å². The summed E-state index contributed by atoms with van der Waals surface area (Å²) in [6, 6.07) is 0. The smallest absolute Gasteiger partial charge is 0.331 e. The Balaban J connectivity index is 1.82. The van der Waals surface area contributed by atoms with Gasteiger partial charge in [-0.05, 0) is 38.2 Å². The standard InChI is InChI=1S/C46H68O15/c1-10-11-12-13-14-17-41(51)60-43-31(22-42(52)54-9)21-36-25-37(28(2)47)59-40(50)18-15-16-32-26-38(56-30(4)49)45(7,8)39(58-32)27-35-24-34(55-29(3)48)23-33(57-35)19-20-44(5,6)46(43,53)61-36/h12-14,17,19-20,22,28,32-39,43,47,53H,10-11,15-16,18,21,23-27H2,1-9H3/b13-12+,17-14+,20-19+,31-22+/t28-,32?,33+,34+,35+,36?,37-,38+,39?,43+,46?/m1/s1. The van der Waals surface area contributed by atoms with E-state index < -0.39 is 101 Å². The van der Waals surface area contributed by atoms with Crippen molar-refractivity contribution >= 4 is 29.8 Å². The average molecular weight is 861 g/mol. The number of fused-ring (bicyclic) bond motifs is 6. The lowest BCUT2D eigenvalue weighted by Gasteiger charge is -2.51. The third kappa shape index (κ3) is 13.8. The second-order valence-corrected chi connectivity index (χ2v) is 17.9. The molecule has 0 spiro atoms. The van der Waals surface area contributed by atoms with Crippen molar-refractivity contribution in [2.24, 2.45) is 10.8 Å². The molecule has 0 radical (unpaired) electrons. The number of carbonyl (C=O) groups excluding carboxylic acids is 5. The fraction of sp³-hybridized carbons (Fsp3) is 0.717. The summed E-state index contributed by atoms with van der Waals surface area (Å²) >= 11 is 0. The van der Waals surface area contributed by atoms with Crippen LogP contribution in [0.25, 0.3) is 0 Å². The van der Waals surface area contributed by atoms with E-state index in [9.17, 15) is 34.2 Å². The van der Waals surface area contributed by atoms with Crippen molar-refractivity contribution in [1.29, 1.82) is 0 Å². The van der Waals surface area contributed by atoms with Gasteiger partial charge in [0.25, 0.3) is 0 Å². The molecule has 4 rings (SSSR count). The molecule has 0 aromatic rings. The van der Waals surface area contributed by atoms with Crippen LogP contribution >= 0.6 is 0 Å². The number of hydrogen-bond acceptors (Lipinski definition) is 15. The number of allylic oxidation sites excluding steroid dienone is 3. The van der Waals surface area contributed by atoms with Gasteiger partial charge < -0.3 is 48.1 Å². The Morgan fingerprint density at radius 1 is 0.918 bits per heavy atom. The Kier molecular flexibility index (Phi) is 17.9. The second kappa shape index (κ2) is 22.0. The highest BCUT2D eigenvalue weighted by Gasteiger charge is 2.58. The lowest BCUT2D eigenvalue weighted by atomic mass is 9.73. The number of hydrogen-bond donors (Lipinski definition) is 2. The Morgan fingerprint density at radius 2 is 1.64 bits per heavy atom. The van der Waals surface area contributed by atoms with Crippen LogP contribution in [0, 0.1) is 10.8 Å². The van der Waals surface area contributed by atoms with Crippen LogP contribution in [0.2, 0.25) is 0 Å². The van der Waals surface area contributed by atoms with Crippen LogP contribution in [-0.4, -0.2) is 114 Å². The summed E-state index contributed by atoms with van der Waals surface area (Å²) in [4.78, 5) is 64.1. The first-order valence-electron chi connectivity index (χ1n) is 21.6. The maximum Gasteiger partial charge on any atom is 0.331 e. The molecule has 4 unspecified atom stereocenters. The van der Waals surface area contributed by atoms with Gasteiger partial charge in [-0.25, -0.2) is 9.59 Å². The summed E-state index contributed by atoms with van der Waals surface area (Å²) in [7, 11) is 1.20. The van der Waals surface area contributed by atoms with Crippen molar-refractivity contribution in [2.75, 3.05) is 7.11 Å². The van der Waals surface area contributed by atoms with E-state index in [-0.39, 0.29) is 30.9 Å². The van der Waals surface area contributed by atoms with Gasteiger partial charge >= 0.3 is 29.8 Å². The van der Waals surface area contributed by atoms with E-state index in [0.717, 1.165) is 18.9 Å². The molecule has 4 aliphatic rings. The fourth-order valence-corrected chi connectivity index (χ4v) is 8.51. The van der Waals surface area contributed by atoms with E-state index in [1.54, 1.807) is 32.1 Å². The Labute approximate surface area is 360 Å². The van der Waals surface area contributed by atoms with Crippen molar-refractivity contribution in [3.63, 3.8) is 0 Å².